The van der Waals surface area contributed by atoms with Gasteiger partial charge in [0.1, 0.15) is 4.90 Å². The highest BCUT2D eigenvalue weighted by Gasteiger charge is 2.32. The van der Waals surface area contributed by atoms with E-state index >= 15 is 0 Å². The number of aryl methyl sites for hydroxylation is 2. The zero-order valence-corrected chi connectivity index (χ0v) is 12.4. The van der Waals surface area contributed by atoms with Crippen molar-refractivity contribution in [3.8, 4) is 0 Å². The Morgan fingerprint density at radius 1 is 1.28 bits per heavy atom. The van der Waals surface area contributed by atoms with Crippen molar-refractivity contribution in [2.45, 2.75) is 37.0 Å². The number of piperidine rings is 1. The molecule has 1 aromatic heterocycles. The molecule has 0 aromatic carbocycles. The predicted octanol–water partition coefficient (Wildman–Crippen LogP) is 1.43. The second-order valence-electron chi connectivity index (χ2n) is 4.70. The van der Waals surface area contributed by atoms with Crippen LogP contribution in [0, 0.1) is 13.8 Å². The number of hydrogen-bond acceptors (Lipinski definition) is 3. The molecule has 2 heterocycles. The van der Waals surface area contributed by atoms with Gasteiger partial charge in [-0.05, 0) is 26.7 Å². The Morgan fingerprint density at radius 2 is 1.83 bits per heavy atom. The summed E-state index contributed by atoms with van der Waals surface area (Å²) in [6.07, 6.45) is 1.41. The minimum absolute atomic E-state index is 0.0903. The molecule has 1 aliphatic rings. The molecule has 1 aromatic rings. The van der Waals surface area contributed by atoms with Crippen LogP contribution in [0.4, 0.5) is 0 Å². The molecular weight excluding hydrogens is 274 g/mol. The summed E-state index contributed by atoms with van der Waals surface area (Å²) in [4.78, 5) is 0.345. The number of hydrogen-bond donors (Lipinski definition) is 0. The van der Waals surface area contributed by atoms with Gasteiger partial charge >= 0.3 is 0 Å². The van der Waals surface area contributed by atoms with E-state index in [-0.39, 0.29) is 5.38 Å². The molecule has 0 saturated carbocycles. The second kappa shape index (κ2) is 4.83. The number of sulfonamides is 1. The largest absolute Gasteiger partial charge is 0.271 e. The van der Waals surface area contributed by atoms with Crippen molar-refractivity contribution in [1.82, 2.24) is 14.1 Å². The standard InChI is InChI=1S/C11H18ClN3O2S/c1-8-11(9(2)14(3)13-8)18(16,17)15-6-4-10(12)5-7-15/h10H,4-7H2,1-3H3. The molecule has 0 atom stereocenters. The first-order chi connectivity index (χ1) is 8.34. The second-order valence-corrected chi connectivity index (χ2v) is 7.19. The van der Waals surface area contributed by atoms with Crippen LogP contribution in [0.15, 0.2) is 4.90 Å². The lowest BCUT2D eigenvalue weighted by atomic mass is 10.2. The fourth-order valence-corrected chi connectivity index (χ4v) is 4.39. The average Bonchev–Trinajstić information content (AvgIpc) is 2.54. The van der Waals surface area contributed by atoms with Crippen molar-refractivity contribution in [1.29, 1.82) is 0 Å². The Kier molecular flexibility index (Phi) is 3.71. The monoisotopic (exact) mass is 291 g/mol. The molecule has 102 valence electrons. The van der Waals surface area contributed by atoms with Crippen molar-refractivity contribution in [2.24, 2.45) is 7.05 Å². The summed E-state index contributed by atoms with van der Waals surface area (Å²) in [5, 5.41) is 4.26. The zero-order valence-electron chi connectivity index (χ0n) is 10.9. The van der Waals surface area contributed by atoms with Gasteiger partial charge in [0, 0.05) is 25.5 Å². The van der Waals surface area contributed by atoms with E-state index in [0.29, 0.717) is 42.2 Å². The van der Waals surface area contributed by atoms with Crippen LogP contribution in [0.25, 0.3) is 0 Å². The number of halogens is 1. The SMILES string of the molecule is Cc1nn(C)c(C)c1S(=O)(=O)N1CCC(Cl)CC1. The molecule has 0 N–H and O–H groups in total. The summed E-state index contributed by atoms with van der Waals surface area (Å²) in [5.74, 6) is 0. The lowest BCUT2D eigenvalue weighted by Gasteiger charge is -2.28. The first-order valence-electron chi connectivity index (χ1n) is 5.98. The smallest absolute Gasteiger partial charge is 0.246 e. The van der Waals surface area contributed by atoms with Crippen LogP contribution >= 0.6 is 11.6 Å². The number of aromatic nitrogens is 2. The molecule has 0 bridgehead atoms. The molecule has 2 rings (SSSR count). The van der Waals surface area contributed by atoms with E-state index in [4.69, 9.17) is 11.6 Å². The molecule has 0 aliphatic carbocycles. The van der Waals surface area contributed by atoms with Crippen molar-refractivity contribution in [3.05, 3.63) is 11.4 Å². The molecular formula is C11H18ClN3O2S. The first kappa shape index (κ1) is 13.8. The normalized spacial score (nSPS) is 19.3. The highest BCUT2D eigenvalue weighted by atomic mass is 35.5. The third kappa shape index (κ3) is 2.29. The average molecular weight is 292 g/mol. The van der Waals surface area contributed by atoms with Crippen molar-refractivity contribution in [2.75, 3.05) is 13.1 Å². The molecule has 0 spiro atoms. The lowest BCUT2D eigenvalue weighted by molar-refractivity contribution is 0.350. The third-order valence-electron chi connectivity index (χ3n) is 3.42. The van der Waals surface area contributed by atoms with Crippen LogP contribution in [0.1, 0.15) is 24.2 Å². The maximum atomic E-state index is 12.6. The van der Waals surface area contributed by atoms with Crippen molar-refractivity contribution >= 4 is 21.6 Å². The molecule has 18 heavy (non-hydrogen) atoms. The van der Waals surface area contributed by atoms with Crippen LogP contribution in [-0.2, 0) is 17.1 Å². The summed E-state index contributed by atoms with van der Waals surface area (Å²) in [6, 6.07) is 0. The van der Waals surface area contributed by atoms with E-state index in [1.165, 1.54) is 4.31 Å². The first-order valence-corrected chi connectivity index (χ1v) is 7.86. The van der Waals surface area contributed by atoms with Crippen LogP contribution in [0.3, 0.4) is 0 Å². The fraction of sp³-hybridized carbons (Fsp3) is 0.727. The maximum absolute atomic E-state index is 12.6. The van der Waals surface area contributed by atoms with Gasteiger partial charge < -0.3 is 0 Å². The topological polar surface area (TPSA) is 55.2 Å². The predicted molar refractivity (Wildman–Crippen MR) is 70.3 cm³/mol. The Balaban J connectivity index is 2.37. The third-order valence-corrected chi connectivity index (χ3v) is 6.01. The fourth-order valence-electron chi connectivity index (χ4n) is 2.32. The highest BCUT2D eigenvalue weighted by molar-refractivity contribution is 7.89. The quantitative estimate of drug-likeness (QED) is 0.775. The van der Waals surface area contributed by atoms with Gasteiger partial charge in [0.05, 0.1) is 11.4 Å². The summed E-state index contributed by atoms with van der Waals surface area (Å²) >= 11 is 6.01. The molecule has 1 aliphatic heterocycles. The summed E-state index contributed by atoms with van der Waals surface area (Å²) in [7, 11) is -1.68. The van der Waals surface area contributed by atoms with Crippen LogP contribution in [0.5, 0.6) is 0 Å². The molecule has 0 radical (unpaired) electrons. The molecule has 1 saturated heterocycles. The molecule has 1 fully saturated rings. The van der Waals surface area contributed by atoms with Gasteiger partial charge in [0.25, 0.3) is 0 Å². The zero-order chi connectivity index (χ0) is 13.5. The Bertz CT molecular complexity index is 545. The van der Waals surface area contributed by atoms with E-state index in [1.54, 1.807) is 25.6 Å². The van der Waals surface area contributed by atoms with Gasteiger partial charge in [0.2, 0.25) is 10.0 Å². The lowest BCUT2D eigenvalue weighted by Crippen LogP contribution is -2.39. The van der Waals surface area contributed by atoms with Crippen LogP contribution in [-0.4, -0.2) is 41.0 Å². The van der Waals surface area contributed by atoms with Gasteiger partial charge in [-0.25, -0.2) is 8.42 Å². The van der Waals surface area contributed by atoms with Gasteiger partial charge in [-0.15, -0.1) is 11.6 Å². The molecule has 0 amide bonds. The minimum Gasteiger partial charge on any atom is -0.271 e. The summed E-state index contributed by atoms with van der Waals surface area (Å²) in [6.45, 7) is 4.49. The Hall–Kier alpha value is -0.590. The van der Waals surface area contributed by atoms with Gasteiger partial charge in [-0.3, -0.25) is 4.68 Å². The van der Waals surface area contributed by atoms with Crippen molar-refractivity contribution < 1.29 is 8.42 Å². The van der Waals surface area contributed by atoms with Gasteiger partial charge in [-0.1, -0.05) is 0 Å². The Morgan fingerprint density at radius 3 is 2.28 bits per heavy atom. The molecule has 0 unspecified atom stereocenters. The van der Waals surface area contributed by atoms with E-state index in [9.17, 15) is 8.42 Å². The number of rotatable bonds is 2. The van der Waals surface area contributed by atoms with Crippen LogP contribution < -0.4 is 0 Å². The van der Waals surface area contributed by atoms with Gasteiger partial charge in [-0.2, -0.15) is 9.40 Å². The molecule has 7 heteroatoms. The Labute approximate surface area is 113 Å². The number of nitrogens with zero attached hydrogens (tertiary/aromatic N) is 3. The van der Waals surface area contributed by atoms with Gasteiger partial charge in [0.15, 0.2) is 0 Å². The summed E-state index contributed by atoms with van der Waals surface area (Å²) < 4.78 is 28.3. The van der Waals surface area contributed by atoms with Crippen LogP contribution in [0.2, 0.25) is 0 Å². The number of alkyl halides is 1. The van der Waals surface area contributed by atoms with E-state index < -0.39 is 10.0 Å². The van der Waals surface area contributed by atoms with Crippen molar-refractivity contribution in [3.63, 3.8) is 0 Å². The van der Waals surface area contributed by atoms with E-state index in [0.717, 1.165) is 0 Å². The van der Waals surface area contributed by atoms with E-state index in [1.807, 2.05) is 0 Å². The van der Waals surface area contributed by atoms with E-state index in [2.05, 4.69) is 5.10 Å². The maximum Gasteiger partial charge on any atom is 0.246 e. The summed E-state index contributed by atoms with van der Waals surface area (Å²) in [5.41, 5.74) is 1.24. The minimum atomic E-state index is -3.43. The molecule has 5 nitrogen and oxygen atoms in total. The highest BCUT2D eigenvalue weighted by Crippen LogP contribution is 2.26.